The van der Waals surface area contributed by atoms with Gasteiger partial charge in [-0.15, -0.1) is 0 Å². The Labute approximate surface area is 131 Å². The van der Waals surface area contributed by atoms with Crippen molar-refractivity contribution in [3.05, 3.63) is 23.3 Å². The van der Waals surface area contributed by atoms with Gasteiger partial charge >= 0.3 is 0 Å². The van der Waals surface area contributed by atoms with Crippen LogP contribution in [0.25, 0.3) is 10.9 Å². The molecule has 118 valence electrons. The van der Waals surface area contributed by atoms with Crippen LogP contribution in [-0.2, 0) is 6.42 Å². The molecule has 0 aliphatic carbocycles. The first-order valence-corrected chi connectivity index (χ1v) is 7.97. The molecule has 0 aromatic carbocycles. The molecule has 0 saturated carbocycles. The fraction of sp³-hybridized carbons (Fsp3) is 0.588. The summed E-state index contributed by atoms with van der Waals surface area (Å²) in [6.45, 7) is 8.06. The maximum Gasteiger partial charge on any atom is 0.142 e. The summed E-state index contributed by atoms with van der Waals surface area (Å²) in [6.07, 6.45) is 1.30. The Bertz CT molecular complexity index is 711. The normalized spacial score (nSPS) is 19.6. The van der Waals surface area contributed by atoms with Crippen molar-refractivity contribution in [2.45, 2.75) is 58.6 Å². The van der Waals surface area contributed by atoms with Crippen molar-refractivity contribution < 1.29 is 5.11 Å². The molecule has 2 atom stereocenters. The van der Waals surface area contributed by atoms with Crippen molar-refractivity contribution in [3.63, 3.8) is 0 Å². The van der Waals surface area contributed by atoms with Gasteiger partial charge in [-0.1, -0.05) is 13.8 Å². The Hall–Kier alpha value is -1.75. The van der Waals surface area contributed by atoms with Gasteiger partial charge in [-0.3, -0.25) is 4.98 Å². The molecule has 5 nitrogen and oxygen atoms in total. The predicted molar refractivity (Wildman–Crippen MR) is 88.4 cm³/mol. The van der Waals surface area contributed by atoms with Crippen LogP contribution in [0.1, 0.15) is 50.3 Å². The summed E-state index contributed by atoms with van der Waals surface area (Å²) in [6, 6.07) is 2.08. The van der Waals surface area contributed by atoms with Crippen LogP contribution in [0.4, 0.5) is 5.82 Å². The highest BCUT2D eigenvalue weighted by atomic mass is 16.3. The van der Waals surface area contributed by atoms with Gasteiger partial charge in [-0.2, -0.15) is 0 Å². The van der Waals surface area contributed by atoms with E-state index in [-0.39, 0.29) is 12.0 Å². The monoisotopic (exact) mass is 300 g/mol. The van der Waals surface area contributed by atoms with E-state index in [0.717, 1.165) is 46.8 Å². The third-order valence-electron chi connectivity index (χ3n) is 4.46. The van der Waals surface area contributed by atoms with E-state index >= 15 is 0 Å². The van der Waals surface area contributed by atoms with Crippen LogP contribution in [0.3, 0.4) is 0 Å². The van der Waals surface area contributed by atoms with Crippen molar-refractivity contribution in [2.24, 2.45) is 0 Å². The number of likely N-dealkylation sites (N-methyl/N-ethyl adjacent to an activating group) is 1. The summed E-state index contributed by atoms with van der Waals surface area (Å²) in [5.41, 5.74) is 3.00. The quantitative estimate of drug-likeness (QED) is 0.923. The van der Waals surface area contributed by atoms with Crippen molar-refractivity contribution >= 4 is 16.7 Å². The minimum Gasteiger partial charge on any atom is -0.391 e. The van der Waals surface area contributed by atoms with Crippen LogP contribution in [0.2, 0.25) is 0 Å². The van der Waals surface area contributed by atoms with Gasteiger partial charge in [0.05, 0.1) is 28.7 Å². The molecule has 0 fully saturated rings. The van der Waals surface area contributed by atoms with Crippen molar-refractivity contribution in [1.82, 2.24) is 15.0 Å². The maximum absolute atomic E-state index is 10.1. The summed E-state index contributed by atoms with van der Waals surface area (Å²) in [5, 5.41) is 11.2. The second-order valence-corrected chi connectivity index (χ2v) is 6.62. The fourth-order valence-corrected chi connectivity index (χ4v) is 3.26. The molecule has 0 bridgehead atoms. The summed E-state index contributed by atoms with van der Waals surface area (Å²) >= 11 is 0. The Kier molecular flexibility index (Phi) is 3.77. The lowest BCUT2D eigenvalue weighted by Gasteiger charge is -2.30. The zero-order valence-electron chi connectivity index (χ0n) is 14.0. The molecule has 2 aromatic rings. The molecule has 5 heteroatoms. The van der Waals surface area contributed by atoms with E-state index in [1.54, 1.807) is 0 Å². The maximum atomic E-state index is 10.1. The second kappa shape index (κ2) is 5.47. The zero-order chi connectivity index (χ0) is 16.0. The number of rotatable bonds is 2. The summed E-state index contributed by atoms with van der Waals surface area (Å²) in [4.78, 5) is 16.4. The standard InChI is InChI=1S/C17H24N4O/c1-9(2)16-19-13-8-10(3)18-12-6-7-14(11(4)22)21(5)17(20-16)15(12)13/h8-9,11,14,22H,6-7H2,1-5H3/t11?,14-/m1/s1. The van der Waals surface area contributed by atoms with Crippen LogP contribution in [0, 0.1) is 6.92 Å². The van der Waals surface area contributed by atoms with Crippen molar-refractivity contribution in [1.29, 1.82) is 0 Å². The van der Waals surface area contributed by atoms with Gasteiger partial charge in [0.25, 0.3) is 0 Å². The van der Waals surface area contributed by atoms with Crippen molar-refractivity contribution in [3.8, 4) is 0 Å². The first-order valence-electron chi connectivity index (χ1n) is 7.97. The average Bonchev–Trinajstić information content (AvgIpc) is 2.57. The predicted octanol–water partition coefficient (Wildman–Crippen LogP) is 2.59. The van der Waals surface area contributed by atoms with Gasteiger partial charge < -0.3 is 10.0 Å². The average molecular weight is 300 g/mol. The number of nitrogens with zero attached hydrogens (tertiary/aromatic N) is 4. The molecular weight excluding hydrogens is 276 g/mol. The molecule has 1 aliphatic rings. The molecule has 1 N–H and O–H groups in total. The van der Waals surface area contributed by atoms with Gasteiger partial charge in [-0.25, -0.2) is 9.97 Å². The highest BCUT2D eigenvalue weighted by Gasteiger charge is 2.29. The highest BCUT2D eigenvalue weighted by Crippen LogP contribution is 2.34. The number of anilines is 1. The molecule has 0 amide bonds. The molecule has 0 radical (unpaired) electrons. The third kappa shape index (κ3) is 2.43. The van der Waals surface area contributed by atoms with Crippen LogP contribution in [0.5, 0.6) is 0 Å². The number of aliphatic hydroxyl groups is 1. The summed E-state index contributed by atoms with van der Waals surface area (Å²) in [5.74, 6) is 2.01. The second-order valence-electron chi connectivity index (χ2n) is 6.62. The smallest absolute Gasteiger partial charge is 0.142 e. The molecule has 0 spiro atoms. The molecule has 3 heterocycles. The van der Waals surface area contributed by atoms with Crippen LogP contribution < -0.4 is 4.90 Å². The Morgan fingerprint density at radius 1 is 1.23 bits per heavy atom. The molecule has 0 saturated heterocycles. The lowest BCUT2D eigenvalue weighted by Crippen LogP contribution is -2.40. The van der Waals surface area contributed by atoms with Gasteiger partial charge in [0, 0.05) is 18.7 Å². The molecule has 22 heavy (non-hydrogen) atoms. The van der Waals surface area contributed by atoms with E-state index in [0.29, 0.717) is 0 Å². The van der Waals surface area contributed by atoms with Crippen LogP contribution >= 0.6 is 0 Å². The minimum absolute atomic E-state index is 0.0487. The Morgan fingerprint density at radius 2 is 1.95 bits per heavy atom. The van der Waals surface area contributed by atoms with E-state index in [1.807, 2.05) is 27.0 Å². The first-order chi connectivity index (χ1) is 10.4. The number of hydrogen-bond acceptors (Lipinski definition) is 5. The van der Waals surface area contributed by atoms with E-state index in [2.05, 4.69) is 18.7 Å². The lowest BCUT2D eigenvalue weighted by molar-refractivity contribution is 0.157. The summed E-state index contributed by atoms with van der Waals surface area (Å²) in [7, 11) is 2.01. The van der Waals surface area contributed by atoms with Gasteiger partial charge in [0.2, 0.25) is 0 Å². The fourth-order valence-electron chi connectivity index (χ4n) is 3.26. The Morgan fingerprint density at radius 3 is 2.59 bits per heavy atom. The number of aliphatic hydroxyl groups excluding tert-OH is 1. The lowest BCUT2D eigenvalue weighted by atomic mass is 10.0. The SMILES string of the molecule is Cc1cc2nc(C(C)C)nc3c2c(n1)CC[C@H](C(C)O)N3C. The number of hydrogen-bond donors (Lipinski definition) is 1. The van der Waals surface area contributed by atoms with E-state index in [9.17, 15) is 5.11 Å². The van der Waals surface area contributed by atoms with Gasteiger partial charge in [0.15, 0.2) is 0 Å². The molecule has 1 unspecified atom stereocenters. The molecule has 1 aliphatic heterocycles. The van der Waals surface area contributed by atoms with E-state index in [1.165, 1.54) is 0 Å². The molecule has 2 aromatic heterocycles. The number of pyridine rings is 1. The number of aryl methyl sites for hydroxylation is 2. The number of aromatic nitrogens is 3. The van der Waals surface area contributed by atoms with Gasteiger partial charge in [-0.05, 0) is 32.8 Å². The summed E-state index contributed by atoms with van der Waals surface area (Å²) < 4.78 is 0. The van der Waals surface area contributed by atoms with Crippen molar-refractivity contribution in [2.75, 3.05) is 11.9 Å². The zero-order valence-corrected chi connectivity index (χ0v) is 14.0. The first kappa shape index (κ1) is 15.2. The van der Waals surface area contributed by atoms with E-state index < -0.39 is 6.10 Å². The Balaban J connectivity index is 2.30. The topological polar surface area (TPSA) is 62.1 Å². The highest BCUT2D eigenvalue weighted by molar-refractivity contribution is 5.92. The van der Waals surface area contributed by atoms with Crippen LogP contribution in [-0.4, -0.2) is 39.3 Å². The molecular formula is C17H24N4O. The van der Waals surface area contributed by atoms with E-state index in [4.69, 9.17) is 15.0 Å². The largest absolute Gasteiger partial charge is 0.391 e. The third-order valence-corrected chi connectivity index (χ3v) is 4.46. The van der Waals surface area contributed by atoms with Gasteiger partial charge in [0.1, 0.15) is 11.6 Å². The molecule has 3 rings (SSSR count). The minimum atomic E-state index is -0.409. The van der Waals surface area contributed by atoms with Crippen LogP contribution in [0.15, 0.2) is 6.07 Å².